The Bertz CT molecular complexity index is 2120. The fourth-order valence-electron chi connectivity index (χ4n) is 5.52. The number of para-hydroxylation sites is 1. The summed E-state index contributed by atoms with van der Waals surface area (Å²) in [6.45, 7) is 0. The average molecular weight is 504 g/mol. The van der Waals surface area contributed by atoms with Gasteiger partial charge in [0, 0.05) is 42.1 Å². The second-order valence-corrected chi connectivity index (χ2v) is 10.6. The summed E-state index contributed by atoms with van der Waals surface area (Å²) in [7, 11) is 0. The standard InChI is InChI=1S/C34H21N3S/c1-3-11-22(12-4-1)33-30(21-35-34(36-33)23-13-5-2-6-14-23)37-28-17-9-7-15-24(28)26-19-27-25-16-8-10-18-31(25)38-32(27)20-29(26)37/h1-21H. The lowest BCUT2D eigenvalue weighted by Gasteiger charge is -2.14. The first-order valence-corrected chi connectivity index (χ1v) is 13.5. The van der Waals surface area contributed by atoms with Crippen LogP contribution in [0, 0.1) is 0 Å². The molecule has 0 amide bonds. The highest BCUT2D eigenvalue weighted by Crippen LogP contribution is 2.41. The SMILES string of the molecule is c1ccc(-c2ncc(-n3c4ccccc4c4cc5c(cc43)sc3ccccc35)c(-c3ccccc3)n2)cc1. The third kappa shape index (κ3) is 3.21. The summed E-state index contributed by atoms with van der Waals surface area (Å²) in [5, 5.41) is 5.08. The molecule has 0 saturated heterocycles. The summed E-state index contributed by atoms with van der Waals surface area (Å²) in [5.41, 5.74) is 6.28. The Morgan fingerprint density at radius 2 is 1.21 bits per heavy atom. The number of fused-ring (bicyclic) bond motifs is 6. The van der Waals surface area contributed by atoms with Crippen molar-refractivity contribution in [3.8, 4) is 28.3 Å². The first-order chi connectivity index (χ1) is 18.8. The van der Waals surface area contributed by atoms with Crippen molar-refractivity contribution in [3.05, 3.63) is 128 Å². The van der Waals surface area contributed by atoms with Gasteiger partial charge >= 0.3 is 0 Å². The third-order valence-corrected chi connectivity index (χ3v) is 8.39. The van der Waals surface area contributed by atoms with Gasteiger partial charge in [0.05, 0.1) is 28.6 Å². The van der Waals surface area contributed by atoms with Crippen molar-refractivity contribution in [2.45, 2.75) is 0 Å². The van der Waals surface area contributed by atoms with Crippen LogP contribution in [-0.2, 0) is 0 Å². The Morgan fingerprint density at radius 1 is 0.526 bits per heavy atom. The molecule has 38 heavy (non-hydrogen) atoms. The van der Waals surface area contributed by atoms with Gasteiger partial charge in [-0.3, -0.25) is 0 Å². The maximum atomic E-state index is 5.15. The Kier molecular flexibility index (Phi) is 4.69. The molecule has 0 aliphatic heterocycles. The van der Waals surface area contributed by atoms with Crippen LogP contribution in [0.25, 0.3) is 70.3 Å². The van der Waals surface area contributed by atoms with Crippen molar-refractivity contribution in [1.29, 1.82) is 0 Å². The van der Waals surface area contributed by atoms with Gasteiger partial charge in [0.25, 0.3) is 0 Å². The predicted octanol–water partition coefficient (Wildman–Crippen LogP) is 9.28. The molecule has 0 radical (unpaired) electrons. The van der Waals surface area contributed by atoms with Gasteiger partial charge in [-0.2, -0.15) is 0 Å². The Morgan fingerprint density at radius 3 is 2.03 bits per heavy atom. The lowest BCUT2D eigenvalue weighted by molar-refractivity contribution is 1.09. The van der Waals surface area contributed by atoms with Gasteiger partial charge < -0.3 is 4.57 Å². The van der Waals surface area contributed by atoms with Crippen LogP contribution in [0.1, 0.15) is 0 Å². The minimum absolute atomic E-state index is 0.723. The number of rotatable bonds is 3. The molecular formula is C34H21N3S. The van der Waals surface area contributed by atoms with E-state index in [0.29, 0.717) is 0 Å². The molecule has 178 valence electrons. The van der Waals surface area contributed by atoms with E-state index in [2.05, 4.69) is 102 Å². The molecule has 4 heteroatoms. The number of benzene rings is 5. The Balaban J connectivity index is 1.48. The third-order valence-electron chi connectivity index (χ3n) is 7.26. The molecule has 0 saturated carbocycles. The highest BCUT2D eigenvalue weighted by atomic mass is 32.1. The maximum absolute atomic E-state index is 5.15. The molecule has 0 N–H and O–H groups in total. The summed E-state index contributed by atoms with van der Waals surface area (Å²) >= 11 is 1.85. The molecule has 3 nitrogen and oxygen atoms in total. The van der Waals surface area contributed by atoms with Crippen LogP contribution in [0.4, 0.5) is 0 Å². The molecule has 0 unspecified atom stereocenters. The quantitative estimate of drug-likeness (QED) is 0.240. The van der Waals surface area contributed by atoms with Crippen LogP contribution in [0.2, 0.25) is 0 Å². The number of thiophene rings is 1. The normalized spacial score (nSPS) is 11.7. The molecule has 3 aromatic heterocycles. The summed E-state index contributed by atoms with van der Waals surface area (Å²) < 4.78 is 4.93. The molecule has 0 atom stereocenters. The fourth-order valence-corrected chi connectivity index (χ4v) is 6.64. The van der Waals surface area contributed by atoms with Crippen molar-refractivity contribution in [2.24, 2.45) is 0 Å². The van der Waals surface area contributed by atoms with Gasteiger partial charge in [-0.15, -0.1) is 11.3 Å². The summed E-state index contributed by atoms with van der Waals surface area (Å²) in [6.07, 6.45) is 1.98. The zero-order valence-electron chi connectivity index (χ0n) is 20.4. The second kappa shape index (κ2) is 8.37. The molecule has 0 aliphatic rings. The van der Waals surface area contributed by atoms with Gasteiger partial charge in [-0.1, -0.05) is 97.1 Å². The summed E-state index contributed by atoms with van der Waals surface area (Å²) in [6, 6.07) is 42.6. The molecule has 0 spiro atoms. The minimum atomic E-state index is 0.723. The molecule has 0 aliphatic carbocycles. The van der Waals surface area contributed by atoms with Gasteiger partial charge in [0.15, 0.2) is 5.82 Å². The summed E-state index contributed by atoms with van der Waals surface area (Å²) in [5.74, 6) is 0.723. The van der Waals surface area contributed by atoms with Crippen molar-refractivity contribution in [2.75, 3.05) is 0 Å². The van der Waals surface area contributed by atoms with E-state index in [4.69, 9.17) is 9.97 Å². The van der Waals surface area contributed by atoms with Crippen LogP contribution in [-0.4, -0.2) is 14.5 Å². The molecular weight excluding hydrogens is 482 g/mol. The van der Waals surface area contributed by atoms with Gasteiger partial charge in [-0.25, -0.2) is 9.97 Å². The largest absolute Gasteiger partial charge is 0.306 e. The highest BCUT2D eigenvalue weighted by molar-refractivity contribution is 7.25. The van der Waals surface area contributed by atoms with Gasteiger partial charge in [0.1, 0.15) is 0 Å². The average Bonchev–Trinajstić information content (AvgIpc) is 3.51. The van der Waals surface area contributed by atoms with Crippen molar-refractivity contribution in [1.82, 2.24) is 14.5 Å². The topological polar surface area (TPSA) is 30.7 Å². The number of nitrogens with zero attached hydrogens (tertiary/aromatic N) is 3. The first-order valence-electron chi connectivity index (χ1n) is 12.7. The smallest absolute Gasteiger partial charge is 0.159 e. The maximum Gasteiger partial charge on any atom is 0.159 e. The lowest BCUT2D eigenvalue weighted by atomic mass is 10.1. The zero-order chi connectivity index (χ0) is 25.1. The number of hydrogen-bond donors (Lipinski definition) is 0. The van der Waals surface area contributed by atoms with Crippen molar-refractivity contribution in [3.63, 3.8) is 0 Å². The number of aromatic nitrogens is 3. The van der Waals surface area contributed by atoms with Gasteiger partial charge in [0.2, 0.25) is 0 Å². The van der Waals surface area contributed by atoms with Crippen LogP contribution in [0.3, 0.4) is 0 Å². The van der Waals surface area contributed by atoms with Crippen molar-refractivity contribution < 1.29 is 0 Å². The van der Waals surface area contributed by atoms with E-state index in [1.165, 1.54) is 36.5 Å². The van der Waals surface area contributed by atoms with E-state index in [9.17, 15) is 0 Å². The summed E-state index contributed by atoms with van der Waals surface area (Å²) in [4.78, 5) is 10.0. The lowest BCUT2D eigenvalue weighted by Crippen LogP contribution is -2.02. The zero-order valence-corrected chi connectivity index (χ0v) is 21.2. The van der Waals surface area contributed by atoms with Crippen LogP contribution in [0.15, 0.2) is 128 Å². The molecule has 5 aromatic carbocycles. The molecule has 8 aromatic rings. The molecule has 3 heterocycles. The minimum Gasteiger partial charge on any atom is -0.306 e. The van der Waals surface area contributed by atoms with Crippen molar-refractivity contribution >= 4 is 53.3 Å². The fraction of sp³-hybridized carbons (Fsp3) is 0. The van der Waals surface area contributed by atoms with E-state index in [1.54, 1.807) is 0 Å². The van der Waals surface area contributed by atoms with Crippen LogP contribution >= 0.6 is 11.3 Å². The molecule has 8 rings (SSSR count). The second-order valence-electron chi connectivity index (χ2n) is 9.48. The Hall–Kier alpha value is -4.80. The van der Waals surface area contributed by atoms with Crippen LogP contribution < -0.4 is 0 Å². The van der Waals surface area contributed by atoms with Gasteiger partial charge in [-0.05, 0) is 24.3 Å². The van der Waals surface area contributed by atoms with E-state index < -0.39 is 0 Å². The Labute approximate surface area is 223 Å². The number of hydrogen-bond acceptors (Lipinski definition) is 3. The van der Waals surface area contributed by atoms with E-state index >= 15 is 0 Å². The van der Waals surface area contributed by atoms with E-state index in [0.717, 1.165) is 33.8 Å². The monoisotopic (exact) mass is 503 g/mol. The first kappa shape index (κ1) is 21.3. The predicted molar refractivity (Wildman–Crippen MR) is 160 cm³/mol. The van der Waals surface area contributed by atoms with E-state index in [-0.39, 0.29) is 0 Å². The van der Waals surface area contributed by atoms with Crippen LogP contribution in [0.5, 0.6) is 0 Å². The highest BCUT2D eigenvalue weighted by Gasteiger charge is 2.19. The molecule has 0 bridgehead atoms. The molecule has 0 fully saturated rings. The van der Waals surface area contributed by atoms with E-state index in [1.807, 2.05) is 41.8 Å².